The lowest BCUT2D eigenvalue weighted by Gasteiger charge is -2.09. The SMILES string of the molecule is CCC(=O)Nc1ccc2c(c1)c1c(C(=O)NOCc3c(Cl)cncc3Cl)cccc1n2C. The summed E-state index contributed by atoms with van der Waals surface area (Å²) in [6.07, 6.45) is 3.30. The summed E-state index contributed by atoms with van der Waals surface area (Å²) in [5.41, 5.74) is 5.93. The standard InChI is InChI=1S/C23H20Cl2N4O3/c1-3-21(30)27-13-7-8-19-15(9-13)22-14(5-4-6-20(22)29(19)2)23(31)28-32-12-16-17(24)10-26-11-18(16)25/h4-11H,3,12H2,1-2H3,(H,27,30)(H,28,31). The maximum atomic E-state index is 13.0. The number of hydroxylamine groups is 1. The number of hydrogen-bond acceptors (Lipinski definition) is 4. The van der Waals surface area contributed by atoms with Gasteiger partial charge in [-0.3, -0.25) is 19.4 Å². The van der Waals surface area contributed by atoms with Crippen molar-refractivity contribution in [2.45, 2.75) is 20.0 Å². The van der Waals surface area contributed by atoms with Crippen LogP contribution in [0, 0.1) is 0 Å². The first-order valence-electron chi connectivity index (χ1n) is 9.91. The van der Waals surface area contributed by atoms with Crippen LogP contribution in [0.2, 0.25) is 10.0 Å². The molecule has 0 bridgehead atoms. The third-order valence-corrected chi connectivity index (χ3v) is 5.87. The van der Waals surface area contributed by atoms with Crippen LogP contribution in [-0.4, -0.2) is 21.4 Å². The highest BCUT2D eigenvalue weighted by atomic mass is 35.5. The van der Waals surface area contributed by atoms with E-state index in [9.17, 15) is 9.59 Å². The number of benzene rings is 2. The molecule has 2 heterocycles. The predicted octanol–water partition coefficient (Wildman–Crippen LogP) is 5.24. The average Bonchev–Trinajstić information content (AvgIpc) is 3.07. The van der Waals surface area contributed by atoms with Crippen molar-refractivity contribution in [1.29, 1.82) is 0 Å². The molecule has 9 heteroatoms. The number of aryl methyl sites for hydroxylation is 1. The van der Waals surface area contributed by atoms with Crippen LogP contribution in [0.3, 0.4) is 0 Å². The van der Waals surface area contributed by atoms with Gasteiger partial charge in [0.15, 0.2) is 0 Å². The van der Waals surface area contributed by atoms with Crippen LogP contribution in [0.15, 0.2) is 48.8 Å². The van der Waals surface area contributed by atoms with Crippen molar-refractivity contribution in [2.75, 3.05) is 5.32 Å². The van der Waals surface area contributed by atoms with Crippen molar-refractivity contribution >= 4 is 62.5 Å². The Morgan fingerprint density at radius 1 is 1.09 bits per heavy atom. The fraction of sp³-hybridized carbons (Fsp3) is 0.174. The van der Waals surface area contributed by atoms with E-state index in [-0.39, 0.29) is 12.5 Å². The van der Waals surface area contributed by atoms with Crippen molar-refractivity contribution < 1.29 is 14.4 Å². The van der Waals surface area contributed by atoms with Gasteiger partial charge < -0.3 is 9.88 Å². The summed E-state index contributed by atoms with van der Waals surface area (Å²) in [6.45, 7) is 1.78. The van der Waals surface area contributed by atoms with Crippen molar-refractivity contribution in [3.8, 4) is 0 Å². The van der Waals surface area contributed by atoms with E-state index in [1.165, 1.54) is 12.4 Å². The van der Waals surface area contributed by atoms with Gasteiger partial charge in [-0.05, 0) is 30.3 Å². The van der Waals surface area contributed by atoms with E-state index in [2.05, 4.69) is 15.8 Å². The molecule has 164 valence electrons. The Morgan fingerprint density at radius 3 is 2.56 bits per heavy atom. The van der Waals surface area contributed by atoms with Crippen molar-refractivity contribution in [3.63, 3.8) is 0 Å². The minimum Gasteiger partial charge on any atom is -0.344 e. The highest BCUT2D eigenvalue weighted by Gasteiger charge is 2.18. The number of halogens is 2. The number of anilines is 1. The number of nitrogens with one attached hydrogen (secondary N) is 2. The molecule has 0 aliphatic rings. The minimum atomic E-state index is -0.410. The molecule has 0 saturated heterocycles. The molecular weight excluding hydrogens is 451 g/mol. The lowest BCUT2D eigenvalue weighted by molar-refractivity contribution is -0.115. The molecule has 0 aliphatic heterocycles. The summed E-state index contributed by atoms with van der Waals surface area (Å²) in [4.78, 5) is 34.1. The van der Waals surface area contributed by atoms with Crippen LogP contribution in [-0.2, 0) is 23.3 Å². The molecule has 4 aromatic rings. The normalized spacial score (nSPS) is 11.1. The van der Waals surface area contributed by atoms with Crippen LogP contribution >= 0.6 is 23.2 Å². The number of aromatic nitrogens is 2. The van der Waals surface area contributed by atoms with Gasteiger partial charge in [0, 0.05) is 58.9 Å². The molecule has 0 unspecified atom stereocenters. The Kier molecular flexibility index (Phi) is 6.32. The van der Waals surface area contributed by atoms with Gasteiger partial charge in [-0.2, -0.15) is 0 Å². The summed E-state index contributed by atoms with van der Waals surface area (Å²) in [5.74, 6) is -0.489. The molecule has 2 N–H and O–H groups in total. The lowest BCUT2D eigenvalue weighted by atomic mass is 10.1. The molecule has 0 fully saturated rings. The fourth-order valence-corrected chi connectivity index (χ4v) is 4.06. The monoisotopic (exact) mass is 470 g/mol. The first kappa shape index (κ1) is 22.1. The summed E-state index contributed by atoms with van der Waals surface area (Å²) < 4.78 is 2.00. The van der Waals surface area contributed by atoms with Gasteiger partial charge in [0.25, 0.3) is 5.91 Å². The smallest absolute Gasteiger partial charge is 0.275 e. The van der Waals surface area contributed by atoms with Gasteiger partial charge in [0.2, 0.25) is 5.91 Å². The van der Waals surface area contributed by atoms with E-state index in [0.29, 0.717) is 33.3 Å². The molecule has 0 aliphatic carbocycles. The molecule has 0 saturated carbocycles. The molecule has 0 radical (unpaired) electrons. The van der Waals surface area contributed by atoms with E-state index in [0.717, 1.165) is 21.8 Å². The second-order valence-corrected chi connectivity index (χ2v) is 8.01. The van der Waals surface area contributed by atoms with Crippen LogP contribution in [0.25, 0.3) is 21.8 Å². The Hall–Kier alpha value is -3.13. The number of rotatable bonds is 6. The van der Waals surface area contributed by atoms with Crippen LogP contribution in [0.1, 0.15) is 29.3 Å². The zero-order valence-corrected chi connectivity index (χ0v) is 18.9. The first-order valence-corrected chi connectivity index (χ1v) is 10.7. The summed E-state index contributed by atoms with van der Waals surface area (Å²) in [6, 6.07) is 11.1. The van der Waals surface area contributed by atoms with Gasteiger partial charge in [0.1, 0.15) is 6.61 Å². The summed E-state index contributed by atoms with van der Waals surface area (Å²) >= 11 is 12.2. The Bertz CT molecular complexity index is 1330. The lowest BCUT2D eigenvalue weighted by Crippen LogP contribution is -2.24. The molecule has 4 rings (SSSR count). The highest BCUT2D eigenvalue weighted by Crippen LogP contribution is 2.33. The van der Waals surface area contributed by atoms with E-state index in [1.807, 2.05) is 41.9 Å². The zero-order valence-electron chi connectivity index (χ0n) is 17.4. The van der Waals surface area contributed by atoms with Crippen LogP contribution in [0.5, 0.6) is 0 Å². The van der Waals surface area contributed by atoms with E-state index < -0.39 is 5.91 Å². The van der Waals surface area contributed by atoms with Crippen molar-refractivity contribution in [1.82, 2.24) is 15.0 Å². The van der Waals surface area contributed by atoms with Gasteiger partial charge in [-0.1, -0.05) is 36.2 Å². The molecule has 32 heavy (non-hydrogen) atoms. The van der Waals surface area contributed by atoms with Crippen LogP contribution in [0.4, 0.5) is 5.69 Å². The number of amides is 2. The number of fused-ring (bicyclic) bond motifs is 3. The van der Waals surface area contributed by atoms with E-state index in [1.54, 1.807) is 13.0 Å². The largest absolute Gasteiger partial charge is 0.344 e. The second-order valence-electron chi connectivity index (χ2n) is 7.19. The molecule has 0 atom stereocenters. The number of hydrogen-bond donors (Lipinski definition) is 2. The summed E-state index contributed by atoms with van der Waals surface area (Å²) in [7, 11) is 1.93. The predicted molar refractivity (Wildman–Crippen MR) is 126 cm³/mol. The maximum absolute atomic E-state index is 13.0. The number of nitrogens with zero attached hydrogens (tertiary/aromatic N) is 2. The number of carbonyl (C=O) groups is 2. The molecule has 2 aromatic carbocycles. The van der Waals surface area contributed by atoms with E-state index in [4.69, 9.17) is 28.0 Å². The molecule has 2 aromatic heterocycles. The Balaban J connectivity index is 1.66. The first-order chi connectivity index (χ1) is 15.4. The van der Waals surface area contributed by atoms with Gasteiger partial charge in [-0.15, -0.1) is 0 Å². The second kappa shape index (κ2) is 9.16. The Morgan fingerprint density at radius 2 is 1.84 bits per heavy atom. The number of pyridine rings is 1. The van der Waals surface area contributed by atoms with Gasteiger partial charge in [0.05, 0.1) is 15.6 Å². The average molecular weight is 471 g/mol. The third-order valence-electron chi connectivity index (χ3n) is 5.21. The van der Waals surface area contributed by atoms with Gasteiger partial charge >= 0.3 is 0 Å². The number of carbonyl (C=O) groups excluding carboxylic acids is 2. The summed E-state index contributed by atoms with van der Waals surface area (Å²) in [5, 5.41) is 5.18. The minimum absolute atomic E-state index is 0.00929. The molecule has 2 amide bonds. The van der Waals surface area contributed by atoms with Crippen LogP contribution < -0.4 is 10.8 Å². The zero-order chi connectivity index (χ0) is 22.8. The van der Waals surface area contributed by atoms with Crippen molar-refractivity contribution in [2.24, 2.45) is 7.05 Å². The molecule has 7 nitrogen and oxygen atoms in total. The van der Waals surface area contributed by atoms with Crippen molar-refractivity contribution in [3.05, 3.63) is 70.0 Å². The maximum Gasteiger partial charge on any atom is 0.275 e. The van der Waals surface area contributed by atoms with E-state index >= 15 is 0 Å². The topological polar surface area (TPSA) is 85.2 Å². The quantitative estimate of drug-likeness (QED) is 0.377. The third kappa shape index (κ3) is 4.14. The van der Waals surface area contributed by atoms with Gasteiger partial charge in [-0.25, -0.2) is 5.48 Å². The molecular formula is C23H20Cl2N4O3. The highest BCUT2D eigenvalue weighted by molar-refractivity contribution is 6.35. The Labute approximate surface area is 194 Å². The fourth-order valence-electron chi connectivity index (χ4n) is 3.58. The molecule has 0 spiro atoms.